The summed E-state index contributed by atoms with van der Waals surface area (Å²) in [6.45, 7) is 5.58. The SMILES string of the molecule is CCCCOc1ccc(/C(C#N)=C(\C#N)c2ccc(OCCCC)cc2)cc1. The van der Waals surface area contributed by atoms with Gasteiger partial charge in [-0.05, 0) is 72.5 Å². The van der Waals surface area contributed by atoms with Crippen LogP contribution >= 0.6 is 0 Å². The maximum atomic E-state index is 9.67. The Morgan fingerprint density at radius 3 is 1.32 bits per heavy atom. The van der Waals surface area contributed by atoms with Gasteiger partial charge in [-0.15, -0.1) is 0 Å². The second kappa shape index (κ2) is 11.5. The molecule has 2 aromatic rings. The summed E-state index contributed by atoms with van der Waals surface area (Å²) >= 11 is 0. The fourth-order valence-electron chi connectivity index (χ4n) is 2.63. The van der Waals surface area contributed by atoms with E-state index in [0.717, 1.165) is 37.2 Å². The molecule has 0 spiro atoms. The standard InChI is InChI=1S/C24H26N2O2/c1-3-5-15-27-21-11-7-19(8-12-21)23(17-25)24(18-26)20-9-13-22(14-10-20)28-16-6-4-2/h7-14H,3-6,15-16H2,1-2H3/b24-23+. The number of benzene rings is 2. The third-order valence-electron chi connectivity index (χ3n) is 4.29. The summed E-state index contributed by atoms with van der Waals surface area (Å²) in [6, 6.07) is 19.0. The summed E-state index contributed by atoms with van der Waals surface area (Å²) < 4.78 is 11.3. The predicted octanol–water partition coefficient (Wildman–Crippen LogP) is 6.00. The second-order valence-corrected chi connectivity index (χ2v) is 6.43. The number of nitriles is 2. The van der Waals surface area contributed by atoms with Gasteiger partial charge < -0.3 is 9.47 Å². The third-order valence-corrected chi connectivity index (χ3v) is 4.29. The smallest absolute Gasteiger partial charge is 0.119 e. The van der Waals surface area contributed by atoms with Gasteiger partial charge in [0.15, 0.2) is 0 Å². The van der Waals surface area contributed by atoms with Crippen LogP contribution in [0.4, 0.5) is 0 Å². The molecule has 0 fully saturated rings. The first-order valence-electron chi connectivity index (χ1n) is 9.74. The van der Waals surface area contributed by atoms with E-state index < -0.39 is 0 Å². The molecule has 0 radical (unpaired) electrons. The Morgan fingerprint density at radius 1 is 0.679 bits per heavy atom. The average Bonchev–Trinajstić information content (AvgIpc) is 2.74. The number of hydrogen-bond donors (Lipinski definition) is 0. The van der Waals surface area contributed by atoms with Crippen molar-refractivity contribution < 1.29 is 9.47 Å². The molecule has 0 aliphatic rings. The minimum Gasteiger partial charge on any atom is -0.494 e. The molecule has 144 valence electrons. The maximum absolute atomic E-state index is 9.67. The highest BCUT2D eigenvalue weighted by Crippen LogP contribution is 2.28. The van der Waals surface area contributed by atoms with Gasteiger partial charge >= 0.3 is 0 Å². The zero-order valence-electron chi connectivity index (χ0n) is 16.6. The molecule has 0 aliphatic carbocycles. The van der Waals surface area contributed by atoms with E-state index >= 15 is 0 Å². The molecule has 2 aromatic carbocycles. The lowest BCUT2D eigenvalue weighted by molar-refractivity contribution is 0.309. The van der Waals surface area contributed by atoms with E-state index in [0.29, 0.717) is 35.5 Å². The maximum Gasteiger partial charge on any atom is 0.119 e. The van der Waals surface area contributed by atoms with Crippen molar-refractivity contribution in [2.24, 2.45) is 0 Å². The van der Waals surface area contributed by atoms with Crippen molar-refractivity contribution >= 4 is 11.1 Å². The van der Waals surface area contributed by atoms with Crippen LogP contribution in [0.15, 0.2) is 48.5 Å². The number of ether oxygens (including phenoxy) is 2. The summed E-state index contributed by atoms with van der Waals surface area (Å²) in [6.07, 6.45) is 4.16. The van der Waals surface area contributed by atoms with Crippen LogP contribution in [0.5, 0.6) is 11.5 Å². The number of allylic oxidation sites excluding steroid dienone is 2. The van der Waals surface area contributed by atoms with Crippen LogP contribution in [-0.2, 0) is 0 Å². The molecule has 0 unspecified atom stereocenters. The van der Waals surface area contributed by atoms with Gasteiger partial charge in [-0.25, -0.2) is 0 Å². The molecule has 0 bridgehead atoms. The molecule has 28 heavy (non-hydrogen) atoms. The summed E-state index contributed by atoms with van der Waals surface area (Å²) in [5.41, 5.74) is 2.10. The van der Waals surface area contributed by atoms with E-state index in [1.807, 2.05) is 48.5 Å². The van der Waals surface area contributed by atoms with Crippen molar-refractivity contribution in [1.29, 1.82) is 10.5 Å². The Hall–Kier alpha value is -3.24. The van der Waals surface area contributed by atoms with E-state index in [9.17, 15) is 10.5 Å². The largest absolute Gasteiger partial charge is 0.494 e. The minimum atomic E-state index is 0.349. The van der Waals surface area contributed by atoms with Gasteiger partial charge in [-0.2, -0.15) is 10.5 Å². The number of rotatable bonds is 10. The van der Waals surface area contributed by atoms with Crippen LogP contribution in [0.2, 0.25) is 0 Å². The quantitative estimate of drug-likeness (QED) is 0.290. The fourth-order valence-corrected chi connectivity index (χ4v) is 2.63. The fraction of sp³-hybridized carbons (Fsp3) is 0.333. The van der Waals surface area contributed by atoms with Crippen LogP contribution in [0.3, 0.4) is 0 Å². The molecule has 0 saturated carbocycles. The molecule has 0 aromatic heterocycles. The first kappa shape index (κ1) is 21.1. The Labute approximate surface area is 167 Å². The van der Waals surface area contributed by atoms with Gasteiger partial charge in [-0.1, -0.05) is 26.7 Å². The van der Waals surface area contributed by atoms with E-state index in [2.05, 4.69) is 26.0 Å². The summed E-state index contributed by atoms with van der Waals surface area (Å²) in [5, 5.41) is 19.3. The molecule has 0 saturated heterocycles. The summed E-state index contributed by atoms with van der Waals surface area (Å²) in [7, 11) is 0. The van der Waals surface area contributed by atoms with Gasteiger partial charge in [0.25, 0.3) is 0 Å². The first-order valence-corrected chi connectivity index (χ1v) is 9.74. The molecule has 0 aliphatic heterocycles. The summed E-state index contributed by atoms with van der Waals surface area (Å²) in [5.74, 6) is 1.53. The van der Waals surface area contributed by atoms with Gasteiger partial charge in [0, 0.05) is 0 Å². The highest BCUT2D eigenvalue weighted by atomic mass is 16.5. The normalized spacial score (nSPS) is 11.1. The third kappa shape index (κ3) is 5.89. The van der Waals surface area contributed by atoms with Gasteiger partial charge in [0.2, 0.25) is 0 Å². The molecule has 0 atom stereocenters. The monoisotopic (exact) mass is 374 g/mol. The van der Waals surface area contributed by atoms with E-state index in [4.69, 9.17) is 9.47 Å². The molecule has 0 heterocycles. The number of nitrogens with zero attached hydrogens (tertiary/aromatic N) is 2. The zero-order chi connectivity index (χ0) is 20.2. The predicted molar refractivity (Wildman–Crippen MR) is 112 cm³/mol. The van der Waals surface area contributed by atoms with Gasteiger partial charge in [0.05, 0.1) is 24.4 Å². The Kier molecular flexibility index (Phi) is 8.63. The van der Waals surface area contributed by atoms with Crippen molar-refractivity contribution in [3.05, 3.63) is 59.7 Å². The second-order valence-electron chi connectivity index (χ2n) is 6.43. The Balaban J connectivity index is 2.22. The van der Waals surface area contributed by atoms with Crippen LogP contribution < -0.4 is 9.47 Å². The van der Waals surface area contributed by atoms with Crippen LogP contribution in [0, 0.1) is 22.7 Å². The van der Waals surface area contributed by atoms with Gasteiger partial charge in [-0.3, -0.25) is 0 Å². The Bertz CT molecular complexity index is 780. The van der Waals surface area contributed by atoms with Crippen molar-refractivity contribution in [3.8, 4) is 23.6 Å². The molecular weight excluding hydrogens is 348 g/mol. The molecular formula is C24H26N2O2. The van der Waals surface area contributed by atoms with Gasteiger partial charge in [0.1, 0.15) is 23.6 Å². The molecule has 4 nitrogen and oxygen atoms in total. The van der Waals surface area contributed by atoms with Crippen LogP contribution in [-0.4, -0.2) is 13.2 Å². The highest BCUT2D eigenvalue weighted by molar-refractivity contribution is 6.02. The zero-order valence-corrected chi connectivity index (χ0v) is 16.6. The number of unbranched alkanes of at least 4 members (excludes halogenated alkanes) is 2. The molecule has 4 heteroatoms. The minimum absolute atomic E-state index is 0.349. The topological polar surface area (TPSA) is 66.0 Å². The summed E-state index contributed by atoms with van der Waals surface area (Å²) in [4.78, 5) is 0. The lowest BCUT2D eigenvalue weighted by Gasteiger charge is -2.09. The number of hydrogen-bond acceptors (Lipinski definition) is 4. The Morgan fingerprint density at radius 2 is 1.04 bits per heavy atom. The lowest BCUT2D eigenvalue weighted by Crippen LogP contribution is -1.97. The molecule has 0 amide bonds. The van der Waals surface area contributed by atoms with E-state index in [1.54, 1.807) is 0 Å². The van der Waals surface area contributed by atoms with Crippen molar-refractivity contribution in [2.45, 2.75) is 39.5 Å². The van der Waals surface area contributed by atoms with Crippen molar-refractivity contribution in [3.63, 3.8) is 0 Å². The van der Waals surface area contributed by atoms with Crippen molar-refractivity contribution in [1.82, 2.24) is 0 Å². The van der Waals surface area contributed by atoms with Crippen LogP contribution in [0.1, 0.15) is 50.7 Å². The average molecular weight is 374 g/mol. The van der Waals surface area contributed by atoms with Crippen molar-refractivity contribution in [2.75, 3.05) is 13.2 Å². The lowest BCUT2D eigenvalue weighted by atomic mass is 9.96. The first-order chi connectivity index (χ1) is 13.7. The van der Waals surface area contributed by atoms with E-state index in [-0.39, 0.29) is 0 Å². The highest BCUT2D eigenvalue weighted by Gasteiger charge is 2.12. The van der Waals surface area contributed by atoms with E-state index in [1.165, 1.54) is 0 Å². The molecule has 2 rings (SSSR count). The molecule has 0 N–H and O–H groups in total. The van der Waals surface area contributed by atoms with Crippen LogP contribution in [0.25, 0.3) is 11.1 Å².